The molecule has 5 heteroatoms. The third-order valence-corrected chi connectivity index (χ3v) is 4.32. The van der Waals surface area contributed by atoms with E-state index in [0.29, 0.717) is 0 Å². The van der Waals surface area contributed by atoms with Crippen LogP contribution < -0.4 is 16.0 Å². The van der Waals surface area contributed by atoms with E-state index in [1.807, 2.05) is 6.07 Å². The monoisotopic (exact) mass is 317 g/mol. The van der Waals surface area contributed by atoms with Crippen LogP contribution in [0.4, 0.5) is 11.4 Å². The molecule has 0 unspecified atom stereocenters. The molecule has 1 aromatic carbocycles. The highest BCUT2D eigenvalue weighted by Crippen LogP contribution is 2.32. The van der Waals surface area contributed by atoms with Crippen molar-refractivity contribution >= 4 is 36.2 Å². The van der Waals surface area contributed by atoms with Crippen LogP contribution in [-0.2, 0) is 6.42 Å². The maximum Gasteiger partial charge on any atom is 0.0419 e. The lowest BCUT2D eigenvalue weighted by Crippen LogP contribution is -2.38. The molecule has 2 aliphatic heterocycles. The maximum absolute atomic E-state index is 6.10. The fraction of sp³-hybridized carbons (Fsp3) is 0.600. The topological polar surface area (TPSA) is 41.3 Å². The Morgan fingerprint density at radius 2 is 1.95 bits per heavy atom. The second kappa shape index (κ2) is 7.96. The first kappa shape index (κ1) is 17.4. The van der Waals surface area contributed by atoms with Gasteiger partial charge in [0.2, 0.25) is 0 Å². The highest BCUT2D eigenvalue weighted by molar-refractivity contribution is 5.85. The number of nitrogens with two attached hydrogens (primary N) is 1. The van der Waals surface area contributed by atoms with E-state index < -0.39 is 0 Å². The van der Waals surface area contributed by atoms with Crippen LogP contribution in [0.15, 0.2) is 18.2 Å². The second-order valence-electron chi connectivity index (χ2n) is 5.59. The number of anilines is 2. The molecule has 0 radical (unpaired) electrons. The molecule has 114 valence electrons. The van der Waals surface area contributed by atoms with Crippen LogP contribution in [0.25, 0.3) is 0 Å². The van der Waals surface area contributed by atoms with E-state index in [-0.39, 0.29) is 24.8 Å². The molecule has 3 nitrogen and oxygen atoms in total. The summed E-state index contributed by atoms with van der Waals surface area (Å²) in [4.78, 5) is 2.56. The molecule has 0 aromatic heterocycles. The van der Waals surface area contributed by atoms with Crippen LogP contribution in [0.1, 0.15) is 24.8 Å². The Labute approximate surface area is 134 Å². The van der Waals surface area contributed by atoms with Crippen molar-refractivity contribution in [2.45, 2.75) is 25.7 Å². The molecule has 1 saturated heterocycles. The minimum Gasteiger partial charge on any atom is -0.398 e. The van der Waals surface area contributed by atoms with Crippen LogP contribution in [0.3, 0.4) is 0 Å². The molecular weight excluding hydrogens is 293 g/mol. The smallest absolute Gasteiger partial charge is 0.0419 e. The molecule has 20 heavy (non-hydrogen) atoms. The third-order valence-electron chi connectivity index (χ3n) is 4.32. The van der Waals surface area contributed by atoms with Gasteiger partial charge in [0.15, 0.2) is 0 Å². The van der Waals surface area contributed by atoms with Crippen molar-refractivity contribution in [2.75, 3.05) is 36.8 Å². The average Bonchev–Trinajstić information content (AvgIpc) is 2.41. The molecule has 2 heterocycles. The van der Waals surface area contributed by atoms with Crippen molar-refractivity contribution in [3.05, 3.63) is 23.8 Å². The number of nitrogens with one attached hydrogen (secondary N) is 1. The van der Waals surface area contributed by atoms with Gasteiger partial charge < -0.3 is 16.0 Å². The number of rotatable bonds is 2. The van der Waals surface area contributed by atoms with Gasteiger partial charge in [-0.1, -0.05) is 6.07 Å². The third kappa shape index (κ3) is 3.72. The van der Waals surface area contributed by atoms with E-state index in [9.17, 15) is 0 Å². The number of nitrogens with zero attached hydrogens (tertiary/aromatic N) is 1. The van der Waals surface area contributed by atoms with Gasteiger partial charge in [0.25, 0.3) is 0 Å². The number of hydrogen-bond acceptors (Lipinski definition) is 3. The summed E-state index contributed by atoms with van der Waals surface area (Å²) in [6.07, 6.45) is 5.01. The van der Waals surface area contributed by atoms with Gasteiger partial charge in [0.1, 0.15) is 0 Å². The summed E-state index contributed by atoms with van der Waals surface area (Å²) in [6.45, 7) is 4.77. The summed E-state index contributed by atoms with van der Waals surface area (Å²) >= 11 is 0. The van der Waals surface area contributed by atoms with Gasteiger partial charge >= 0.3 is 0 Å². The molecule has 0 amide bonds. The molecule has 0 atom stereocenters. The van der Waals surface area contributed by atoms with Gasteiger partial charge in [0.05, 0.1) is 0 Å². The standard InChI is InChI=1S/C15H23N3.2ClH/c16-14-4-1-5-15-13(14)3-2-10-18(15)11-12-6-8-17-9-7-12;;/h1,4-5,12,17H,2-3,6-11,16H2;2*1H. The van der Waals surface area contributed by atoms with Crippen molar-refractivity contribution in [2.24, 2.45) is 5.92 Å². The molecule has 0 bridgehead atoms. The van der Waals surface area contributed by atoms with Crippen LogP contribution in [0, 0.1) is 5.92 Å². The second-order valence-corrected chi connectivity index (χ2v) is 5.59. The van der Waals surface area contributed by atoms with Crippen LogP contribution in [0.5, 0.6) is 0 Å². The predicted octanol–water partition coefficient (Wildman–Crippen LogP) is 2.86. The van der Waals surface area contributed by atoms with Gasteiger partial charge in [-0.3, -0.25) is 0 Å². The minimum atomic E-state index is 0. The van der Waals surface area contributed by atoms with E-state index in [1.165, 1.54) is 56.7 Å². The summed E-state index contributed by atoms with van der Waals surface area (Å²) in [7, 11) is 0. The summed E-state index contributed by atoms with van der Waals surface area (Å²) in [5.74, 6) is 0.846. The van der Waals surface area contributed by atoms with E-state index >= 15 is 0 Å². The Morgan fingerprint density at radius 1 is 1.20 bits per heavy atom. The number of benzene rings is 1. The van der Waals surface area contributed by atoms with Crippen LogP contribution in [0.2, 0.25) is 0 Å². The summed E-state index contributed by atoms with van der Waals surface area (Å²) in [5, 5.41) is 3.44. The molecule has 2 aliphatic rings. The first-order chi connectivity index (χ1) is 8.84. The summed E-state index contributed by atoms with van der Waals surface area (Å²) in [5.41, 5.74) is 9.84. The number of nitrogen functional groups attached to an aromatic ring is 1. The van der Waals surface area contributed by atoms with E-state index in [2.05, 4.69) is 22.3 Å². The molecule has 3 rings (SSSR count). The maximum atomic E-state index is 6.10. The highest BCUT2D eigenvalue weighted by atomic mass is 35.5. The highest BCUT2D eigenvalue weighted by Gasteiger charge is 2.22. The first-order valence-electron chi connectivity index (χ1n) is 7.17. The Hall–Kier alpha value is -0.640. The molecular formula is C15H25Cl2N3. The van der Waals surface area contributed by atoms with Crippen molar-refractivity contribution in [1.29, 1.82) is 0 Å². The number of piperidine rings is 1. The first-order valence-corrected chi connectivity index (χ1v) is 7.17. The van der Waals surface area contributed by atoms with Crippen molar-refractivity contribution in [3.63, 3.8) is 0 Å². The van der Waals surface area contributed by atoms with Gasteiger partial charge in [0, 0.05) is 24.5 Å². The Bertz CT molecular complexity index is 420. The SMILES string of the molecule is Cl.Cl.Nc1cccc2c1CCCN2CC1CCNCC1. The normalized spacial score (nSPS) is 18.7. The van der Waals surface area contributed by atoms with Crippen molar-refractivity contribution in [1.82, 2.24) is 5.32 Å². The lowest BCUT2D eigenvalue weighted by atomic mass is 9.94. The fourth-order valence-corrected chi connectivity index (χ4v) is 3.29. The molecule has 1 aromatic rings. The average molecular weight is 318 g/mol. The summed E-state index contributed by atoms with van der Waals surface area (Å²) < 4.78 is 0. The van der Waals surface area contributed by atoms with Gasteiger partial charge in [-0.05, 0) is 62.4 Å². The zero-order valence-electron chi connectivity index (χ0n) is 11.8. The van der Waals surface area contributed by atoms with Crippen LogP contribution in [-0.4, -0.2) is 26.2 Å². The van der Waals surface area contributed by atoms with Gasteiger partial charge in [-0.25, -0.2) is 0 Å². The van der Waals surface area contributed by atoms with Gasteiger partial charge in [-0.2, -0.15) is 0 Å². The molecule has 0 spiro atoms. The van der Waals surface area contributed by atoms with Crippen molar-refractivity contribution in [3.8, 4) is 0 Å². The Balaban J connectivity index is 0.000001000. The zero-order chi connectivity index (χ0) is 12.4. The largest absolute Gasteiger partial charge is 0.398 e. The lowest BCUT2D eigenvalue weighted by Gasteiger charge is -2.36. The lowest BCUT2D eigenvalue weighted by molar-refractivity contribution is 0.371. The fourth-order valence-electron chi connectivity index (χ4n) is 3.29. The van der Waals surface area contributed by atoms with E-state index in [1.54, 1.807) is 0 Å². The van der Waals surface area contributed by atoms with Crippen LogP contribution >= 0.6 is 24.8 Å². The number of fused-ring (bicyclic) bond motifs is 1. The predicted molar refractivity (Wildman–Crippen MR) is 91.5 cm³/mol. The zero-order valence-corrected chi connectivity index (χ0v) is 13.4. The number of hydrogen-bond donors (Lipinski definition) is 2. The molecule has 1 fully saturated rings. The van der Waals surface area contributed by atoms with Crippen molar-refractivity contribution < 1.29 is 0 Å². The van der Waals surface area contributed by atoms with Gasteiger partial charge in [-0.15, -0.1) is 24.8 Å². The quantitative estimate of drug-likeness (QED) is 0.824. The summed E-state index contributed by atoms with van der Waals surface area (Å²) in [6, 6.07) is 6.37. The minimum absolute atomic E-state index is 0. The molecule has 0 saturated carbocycles. The Kier molecular flexibility index (Phi) is 6.93. The number of halogens is 2. The Morgan fingerprint density at radius 3 is 2.70 bits per heavy atom. The molecule has 0 aliphatic carbocycles. The van der Waals surface area contributed by atoms with E-state index in [4.69, 9.17) is 5.73 Å². The molecule has 3 N–H and O–H groups in total. The van der Waals surface area contributed by atoms with E-state index in [0.717, 1.165) is 18.0 Å².